The summed E-state index contributed by atoms with van der Waals surface area (Å²) in [6.45, 7) is 4.47. The normalized spacial score (nSPS) is 11.1. The standard InChI is InChI=1S/C15H17NO3Si/c1-11-6-5-9-15(12(11)2)20-19-10-13-7-3-4-8-14(13)16(17)18/h3-9H,10,20H2,1-2H3. The van der Waals surface area contributed by atoms with Crippen LogP contribution in [0.2, 0.25) is 0 Å². The Hall–Kier alpha value is -1.98. The van der Waals surface area contributed by atoms with Crippen LogP contribution >= 0.6 is 0 Å². The van der Waals surface area contributed by atoms with Crippen LogP contribution in [0.3, 0.4) is 0 Å². The number of hydrogen-bond donors (Lipinski definition) is 0. The molecule has 0 N–H and O–H groups in total. The fourth-order valence-corrected chi connectivity index (χ4v) is 3.32. The van der Waals surface area contributed by atoms with Crippen LogP contribution in [-0.4, -0.2) is 14.7 Å². The molecule has 4 nitrogen and oxygen atoms in total. The average molecular weight is 287 g/mol. The molecular weight excluding hydrogens is 270 g/mol. The summed E-state index contributed by atoms with van der Waals surface area (Å²) >= 11 is 0. The van der Waals surface area contributed by atoms with Gasteiger partial charge in [0, 0.05) is 6.07 Å². The minimum Gasteiger partial charge on any atom is -0.414 e. The number of hydrogen-bond acceptors (Lipinski definition) is 3. The van der Waals surface area contributed by atoms with E-state index in [-0.39, 0.29) is 10.6 Å². The van der Waals surface area contributed by atoms with E-state index in [1.807, 2.05) is 6.07 Å². The quantitative estimate of drug-likeness (QED) is 0.481. The lowest BCUT2D eigenvalue weighted by Crippen LogP contribution is -2.21. The molecule has 104 valence electrons. The molecule has 0 radical (unpaired) electrons. The molecule has 0 atom stereocenters. The molecule has 0 aliphatic carbocycles. The largest absolute Gasteiger partial charge is 0.414 e. The van der Waals surface area contributed by atoms with Crippen molar-refractivity contribution in [1.29, 1.82) is 0 Å². The van der Waals surface area contributed by atoms with E-state index in [9.17, 15) is 10.1 Å². The summed E-state index contributed by atoms with van der Waals surface area (Å²) in [5.41, 5.74) is 3.28. The Morgan fingerprint density at radius 3 is 2.65 bits per heavy atom. The summed E-state index contributed by atoms with van der Waals surface area (Å²) in [6.07, 6.45) is 0. The van der Waals surface area contributed by atoms with Crippen molar-refractivity contribution in [2.24, 2.45) is 0 Å². The Morgan fingerprint density at radius 2 is 1.90 bits per heavy atom. The summed E-state index contributed by atoms with van der Waals surface area (Å²) in [5.74, 6) is 0. The molecule has 0 fully saturated rings. The molecule has 0 bridgehead atoms. The lowest BCUT2D eigenvalue weighted by molar-refractivity contribution is -0.385. The van der Waals surface area contributed by atoms with Crippen molar-refractivity contribution >= 4 is 20.6 Å². The van der Waals surface area contributed by atoms with Crippen molar-refractivity contribution in [3.63, 3.8) is 0 Å². The summed E-state index contributed by atoms with van der Waals surface area (Å²) in [7, 11) is -0.869. The van der Waals surface area contributed by atoms with Crippen molar-refractivity contribution in [3.05, 3.63) is 69.3 Å². The van der Waals surface area contributed by atoms with E-state index in [1.54, 1.807) is 18.2 Å². The first kappa shape index (κ1) is 14.4. The maximum atomic E-state index is 10.9. The third-order valence-corrected chi connectivity index (χ3v) is 4.91. The van der Waals surface area contributed by atoms with Gasteiger partial charge in [-0.05, 0) is 36.2 Å². The molecule has 0 heterocycles. The first-order chi connectivity index (χ1) is 9.59. The van der Waals surface area contributed by atoms with Gasteiger partial charge in [-0.25, -0.2) is 0 Å². The van der Waals surface area contributed by atoms with Crippen LogP contribution < -0.4 is 5.19 Å². The fourth-order valence-electron chi connectivity index (χ4n) is 2.05. The predicted octanol–water partition coefficient (Wildman–Crippen LogP) is 2.14. The molecule has 2 aromatic carbocycles. The molecule has 0 aliphatic heterocycles. The number of nitrogens with zero attached hydrogens (tertiary/aromatic N) is 1. The van der Waals surface area contributed by atoms with Gasteiger partial charge < -0.3 is 4.43 Å². The number of benzene rings is 2. The Labute approximate surface area is 120 Å². The molecule has 0 spiro atoms. The van der Waals surface area contributed by atoms with Crippen molar-refractivity contribution in [2.75, 3.05) is 0 Å². The Kier molecular flexibility index (Phi) is 4.65. The topological polar surface area (TPSA) is 52.4 Å². The van der Waals surface area contributed by atoms with Crippen molar-refractivity contribution in [1.82, 2.24) is 0 Å². The van der Waals surface area contributed by atoms with Gasteiger partial charge in [-0.1, -0.05) is 30.3 Å². The Morgan fingerprint density at radius 1 is 1.15 bits per heavy atom. The summed E-state index contributed by atoms with van der Waals surface area (Å²) < 4.78 is 5.77. The zero-order valence-corrected chi connectivity index (χ0v) is 13.0. The van der Waals surface area contributed by atoms with Gasteiger partial charge in [-0.15, -0.1) is 0 Å². The predicted molar refractivity (Wildman–Crippen MR) is 82.0 cm³/mol. The number of aryl methyl sites for hydroxylation is 1. The van der Waals surface area contributed by atoms with E-state index >= 15 is 0 Å². The van der Waals surface area contributed by atoms with Crippen LogP contribution in [-0.2, 0) is 11.0 Å². The first-order valence-electron chi connectivity index (χ1n) is 6.44. The number of para-hydroxylation sites is 1. The van der Waals surface area contributed by atoms with Gasteiger partial charge in [0.05, 0.1) is 17.1 Å². The van der Waals surface area contributed by atoms with Gasteiger partial charge in [0.25, 0.3) is 5.69 Å². The van der Waals surface area contributed by atoms with Crippen LogP contribution in [0.25, 0.3) is 0 Å². The minimum atomic E-state index is -0.869. The number of nitro benzene ring substituents is 1. The highest BCUT2D eigenvalue weighted by Crippen LogP contribution is 2.18. The first-order valence-corrected chi connectivity index (χ1v) is 7.73. The fraction of sp³-hybridized carbons (Fsp3) is 0.200. The molecule has 0 aromatic heterocycles. The lowest BCUT2D eigenvalue weighted by atomic mass is 10.1. The highest BCUT2D eigenvalue weighted by atomic mass is 28.2. The van der Waals surface area contributed by atoms with E-state index in [0.29, 0.717) is 12.2 Å². The minimum absolute atomic E-state index is 0.127. The van der Waals surface area contributed by atoms with Crippen LogP contribution in [0.5, 0.6) is 0 Å². The monoisotopic (exact) mass is 287 g/mol. The van der Waals surface area contributed by atoms with Crippen LogP contribution in [0.4, 0.5) is 5.69 Å². The SMILES string of the molecule is Cc1cccc([SiH2]OCc2ccccc2[N+](=O)[O-])c1C. The molecule has 20 heavy (non-hydrogen) atoms. The summed E-state index contributed by atoms with van der Waals surface area (Å²) in [4.78, 5) is 10.6. The highest BCUT2D eigenvalue weighted by Gasteiger charge is 2.12. The second kappa shape index (κ2) is 6.45. The van der Waals surface area contributed by atoms with Gasteiger partial charge in [-0.3, -0.25) is 10.1 Å². The second-order valence-corrected chi connectivity index (χ2v) is 6.20. The maximum Gasteiger partial charge on any atom is 0.274 e. The van der Waals surface area contributed by atoms with Gasteiger partial charge >= 0.3 is 0 Å². The molecule has 0 saturated heterocycles. The molecule has 0 amide bonds. The molecule has 5 heteroatoms. The van der Waals surface area contributed by atoms with Crippen molar-refractivity contribution in [2.45, 2.75) is 20.5 Å². The van der Waals surface area contributed by atoms with E-state index in [2.05, 4.69) is 26.0 Å². The van der Waals surface area contributed by atoms with Crippen LogP contribution in [0.15, 0.2) is 42.5 Å². The third-order valence-electron chi connectivity index (χ3n) is 3.42. The van der Waals surface area contributed by atoms with Crippen molar-refractivity contribution < 1.29 is 9.35 Å². The average Bonchev–Trinajstić information content (AvgIpc) is 2.44. The summed E-state index contributed by atoms with van der Waals surface area (Å²) in [5, 5.41) is 12.2. The van der Waals surface area contributed by atoms with Crippen molar-refractivity contribution in [3.8, 4) is 0 Å². The zero-order valence-electron chi connectivity index (χ0n) is 11.6. The Balaban J connectivity index is 2.03. The highest BCUT2D eigenvalue weighted by molar-refractivity contribution is 6.47. The third kappa shape index (κ3) is 3.31. The van der Waals surface area contributed by atoms with Gasteiger partial charge in [-0.2, -0.15) is 0 Å². The van der Waals surface area contributed by atoms with Crippen LogP contribution in [0.1, 0.15) is 16.7 Å². The number of rotatable bonds is 5. The molecule has 0 unspecified atom stereocenters. The van der Waals surface area contributed by atoms with E-state index in [0.717, 1.165) is 0 Å². The molecule has 0 saturated carbocycles. The van der Waals surface area contributed by atoms with E-state index in [4.69, 9.17) is 4.43 Å². The van der Waals surface area contributed by atoms with E-state index < -0.39 is 9.76 Å². The van der Waals surface area contributed by atoms with Gasteiger partial charge in [0.15, 0.2) is 9.76 Å². The lowest BCUT2D eigenvalue weighted by Gasteiger charge is -2.09. The van der Waals surface area contributed by atoms with E-state index in [1.165, 1.54) is 22.4 Å². The summed E-state index contributed by atoms with van der Waals surface area (Å²) in [6, 6.07) is 12.9. The molecule has 2 rings (SSSR count). The van der Waals surface area contributed by atoms with Crippen LogP contribution in [0, 0.1) is 24.0 Å². The maximum absolute atomic E-state index is 10.9. The Bertz CT molecular complexity index is 628. The second-order valence-electron chi connectivity index (χ2n) is 4.74. The van der Waals surface area contributed by atoms with Gasteiger partial charge in [0.2, 0.25) is 0 Å². The van der Waals surface area contributed by atoms with Gasteiger partial charge in [0.1, 0.15) is 0 Å². The zero-order chi connectivity index (χ0) is 14.5. The number of nitro groups is 1. The smallest absolute Gasteiger partial charge is 0.274 e. The molecular formula is C15H17NO3Si. The molecule has 0 aliphatic rings. The molecule has 2 aromatic rings.